The molecule has 6 heteroatoms. The number of amides is 1. The Hall–Kier alpha value is -1.40. The fraction of sp³-hybridized carbons (Fsp3) is 0.611. The molecule has 0 aliphatic carbocycles. The number of carbonyl (C=O) groups excluding carboxylic acids is 1. The zero-order valence-electron chi connectivity index (χ0n) is 14.5. The second-order valence-corrected chi connectivity index (χ2v) is 8.91. The molecule has 2 aliphatic heterocycles. The minimum atomic E-state index is -3.54. The first-order valence-electron chi connectivity index (χ1n) is 8.76. The van der Waals surface area contributed by atoms with Crippen molar-refractivity contribution in [1.82, 2.24) is 9.21 Å². The van der Waals surface area contributed by atoms with Crippen molar-refractivity contribution in [2.75, 3.05) is 26.2 Å². The second kappa shape index (κ2) is 6.84. The molecule has 0 saturated carbocycles. The van der Waals surface area contributed by atoms with E-state index in [1.165, 1.54) is 4.31 Å². The molecule has 0 spiro atoms. The fourth-order valence-electron chi connectivity index (χ4n) is 3.68. The molecule has 1 amide bonds. The molecule has 0 N–H and O–H groups in total. The number of likely N-dealkylation sites (tertiary alicyclic amines) is 1. The van der Waals surface area contributed by atoms with Gasteiger partial charge in [-0.05, 0) is 56.7 Å². The van der Waals surface area contributed by atoms with Crippen LogP contribution in [0.25, 0.3) is 0 Å². The van der Waals surface area contributed by atoms with Crippen LogP contribution in [0, 0.1) is 19.8 Å². The molecule has 132 valence electrons. The van der Waals surface area contributed by atoms with Crippen molar-refractivity contribution in [3.63, 3.8) is 0 Å². The summed E-state index contributed by atoms with van der Waals surface area (Å²) in [7, 11) is -3.54. The van der Waals surface area contributed by atoms with E-state index in [0.717, 1.165) is 49.9 Å². The van der Waals surface area contributed by atoms with Gasteiger partial charge in [0.25, 0.3) is 0 Å². The lowest BCUT2D eigenvalue weighted by Gasteiger charge is -2.33. The third-order valence-corrected chi connectivity index (χ3v) is 7.12. The highest BCUT2D eigenvalue weighted by Crippen LogP contribution is 2.28. The van der Waals surface area contributed by atoms with Crippen LogP contribution in [0.2, 0.25) is 0 Å². The van der Waals surface area contributed by atoms with E-state index < -0.39 is 10.0 Å². The Morgan fingerprint density at radius 1 is 1.08 bits per heavy atom. The number of rotatable bonds is 3. The fourth-order valence-corrected chi connectivity index (χ4v) is 5.52. The molecular weight excluding hydrogens is 324 g/mol. The van der Waals surface area contributed by atoms with Gasteiger partial charge in [-0.15, -0.1) is 0 Å². The Morgan fingerprint density at radius 3 is 2.50 bits per heavy atom. The molecule has 0 bridgehead atoms. The van der Waals surface area contributed by atoms with Gasteiger partial charge < -0.3 is 4.90 Å². The molecule has 3 rings (SSSR count). The molecule has 0 unspecified atom stereocenters. The summed E-state index contributed by atoms with van der Waals surface area (Å²) in [4.78, 5) is 14.9. The maximum absolute atomic E-state index is 13.1. The van der Waals surface area contributed by atoms with Gasteiger partial charge in [-0.25, -0.2) is 8.42 Å². The summed E-state index contributed by atoms with van der Waals surface area (Å²) < 4.78 is 27.6. The van der Waals surface area contributed by atoms with Gasteiger partial charge in [0.1, 0.15) is 0 Å². The first-order chi connectivity index (χ1) is 11.4. The summed E-state index contributed by atoms with van der Waals surface area (Å²) in [6.45, 7) is 6.17. The van der Waals surface area contributed by atoms with Crippen molar-refractivity contribution in [1.29, 1.82) is 0 Å². The largest absolute Gasteiger partial charge is 0.342 e. The van der Waals surface area contributed by atoms with Crippen molar-refractivity contribution >= 4 is 15.9 Å². The maximum Gasteiger partial charge on any atom is 0.243 e. The highest BCUT2D eigenvalue weighted by Gasteiger charge is 2.36. The van der Waals surface area contributed by atoms with Crippen LogP contribution in [0.1, 0.15) is 36.8 Å². The lowest BCUT2D eigenvalue weighted by Crippen LogP contribution is -2.46. The van der Waals surface area contributed by atoms with Crippen LogP contribution in [-0.2, 0) is 14.8 Å². The van der Waals surface area contributed by atoms with Gasteiger partial charge >= 0.3 is 0 Å². The van der Waals surface area contributed by atoms with E-state index in [9.17, 15) is 13.2 Å². The van der Waals surface area contributed by atoms with E-state index in [1.807, 2.05) is 30.9 Å². The minimum absolute atomic E-state index is 0.133. The average molecular weight is 350 g/mol. The zero-order chi connectivity index (χ0) is 17.3. The Labute approximate surface area is 144 Å². The van der Waals surface area contributed by atoms with Crippen LogP contribution >= 0.6 is 0 Å². The maximum atomic E-state index is 13.1. The molecule has 1 aromatic carbocycles. The van der Waals surface area contributed by atoms with Gasteiger partial charge in [0.05, 0.1) is 10.8 Å². The topological polar surface area (TPSA) is 57.7 Å². The van der Waals surface area contributed by atoms with Crippen molar-refractivity contribution < 1.29 is 13.2 Å². The normalized spacial score (nSPS) is 22.8. The van der Waals surface area contributed by atoms with Gasteiger partial charge in [0.15, 0.2) is 0 Å². The molecule has 2 heterocycles. The second-order valence-electron chi connectivity index (χ2n) is 7.00. The van der Waals surface area contributed by atoms with E-state index in [1.54, 1.807) is 6.07 Å². The predicted octanol–water partition coefficient (Wildman–Crippen LogP) is 2.33. The summed E-state index contributed by atoms with van der Waals surface area (Å²) in [5.41, 5.74) is 1.69. The molecule has 0 aromatic heterocycles. The number of carbonyl (C=O) groups is 1. The lowest BCUT2D eigenvalue weighted by atomic mass is 9.98. The molecule has 2 saturated heterocycles. The van der Waals surface area contributed by atoms with Crippen LogP contribution < -0.4 is 0 Å². The number of benzene rings is 1. The molecule has 24 heavy (non-hydrogen) atoms. The Balaban J connectivity index is 1.80. The van der Waals surface area contributed by atoms with Crippen LogP contribution in [0.4, 0.5) is 0 Å². The molecular formula is C18H26N2O3S. The third-order valence-electron chi connectivity index (χ3n) is 5.11. The van der Waals surface area contributed by atoms with Gasteiger partial charge in [-0.2, -0.15) is 4.31 Å². The first-order valence-corrected chi connectivity index (χ1v) is 10.2. The van der Waals surface area contributed by atoms with Crippen molar-refractivity contribution in [2.45, 2.75) is 44.4 Å². The number of nitrogens with zero attached hydrogens (tertiary/aromatic N) is 2. The summed E-state index contributed by atoms with van der Waals surface area (Å²) in [6.07, 6.45) is 3.65. The summed E-state index contributed by atoms with van der Waals surface area (Å²) in [5, 5.41) is 0. The molecule has 5 nitrogen and oxygen atoms in total. The Morgan fingerprint density at radius 2 is 1.79 bits per heavy atom. The highest BCUT2D eigenvalue weighted by molar-refractivity contribution is 7.89. The molecule has 0 radical (unpaired) electrons. The lowest BCUT2D eigenvalue weighted by molar-refractivity contribution is -0.135. The Bertz CT molecular complexity index is 724. The summed E-state index contributed by atoms with van der Waals surface area (Å²) in [5.74, 6) is -0.0647. The van der Waals surface area contributed by atoms with Crippen molar-refractivity contribution in [3.05, 3.63) is 29.3 Å². The van der Waals surface area contributed by atoms with E-state index in [-0.39, 0.29) is 11.8 Å². The van der Waals surface area contributed by atoms with Crippen molar-refractivity contribution in [2.24, 2.45) is 5.92 Å². The van der Waals surface area contributed by atoms with E-state index in [0.29, 0.717) is 18.0 Å². The predicted molar refractivity (Wildman–Crippen MR) is 93.2 cm³/mol. The summed E-state index contributed by atoms with van der Waals surface area (Å²) >= 11 is 0. The first kappa shape index (κ1) is 17.4. The number of piperidine rings is 1. The zero-order valence-corrected chi connectivity index (χ0v) is 15.3. The van der Waals surface area contributed by atoms with E-state index in [2.05, 4.69) is 0 Å². The van der Waals surface area contributed by atoms with Gasteiger partial charge in [-0.1, -0.05) is 12.1 Å². The van der Waals surface area contributed by atoms with Crippen LogP contribution in [0.3, 0.4) is 0 Å². The van der Waals surface area contributed by atoms with Crippen LogP contribution in [0.5, 0.6) is 0 Å². The van der Waals surface area contributed by atoms with Crippen LogP contribution in [-0.4, -0.2) is 49.7 Å². The third kappa shape index (κ3) is 3.35. The number of hydrogen-bond acceptors (Lipinski definition) is 3. The van der Waals surface area contributed by atoms with Crippen molar-refractivity contribution in [3.8, 4) is 0 Å². The summed E-state index contributed by atoms with van der Waals surface area (Å²) in [6, 6.07) is 5.50. The Kier molecular flexibility index (Phi) is 4.97. The van der Waals surface area contributed by atoms with E-state index in [4.69, 9.17) is 0 Å². The highest BCUT2D eigenvalue weighted by atomic mass is 32.2. The molecule has 1 atom stereocenters. The van der Waals surface area contributed by atoms with Gasteiger partial charge in [-0.3, -0.25) is 4.79 Å². The number of hydrogen-bond donors (Lipinski definition) is 0. The quantitative estimate of drug-likeness (QED) is 0.841. The van der Waals surface area contributed by atoms with Gasteiger partial charge in [0, 0.05) is 26.2 Å². The smallest absolute Gasteiger partial charge is 0.243 e. The van der Waals surface area contributed by atoms with Crippen LogP contribution in [0.15, 0.2) is 23.1 Å². The van der Waals surface area contributed by atoms with Gasteiger partial charge in [0.2, 0.25) is 15.9 Å². The SMILES string of the molecule is Cc1ccc(C)c(S(=O)(=O)N2CCC[C@@H](C(=O)N3CCCC3)C2)c1. The standard InChI is InChI=1S/C18H26N2O3S/c1-14-7-8-15(2)17(12-14)24(22,23)20-11-5-6-16(13-20)18(21)19-9-3-4-10-19/h7-8,12,16H,3-6,9-11,13H2,1-2H3/t16-/m1/s1. The molecule has 2 aliphatic rings. The number of aryl methyl sites for hydroxylation is 2. The molecule has 1 aromatic rings. The van der Waals surface area contributed by atoms with E-state index >= 15 is 0 Å². The minimum Gasteiger partial charge on any atom is -0.342 e. The molecule has 2 fully saturated rings. The average Bonchev–Trinajstić information content (AvgIpc) is 3.11. The number of sulfonamides is 1. The monoisotopic (exact) mass is 350 g/mol.